The summed E-state index contributed by atoms with van der Waals surface area (Å²) in [5.41, 5.74) is 0.335. The van der Waals surface area contributed by atoms with Gasteiger partial charge in [0.25, 0.3) is 5.56 Å². The first-order valence-electron chi connectivity index (χ1n) is 4.88. The molecule has 0 amide bonds. The van der Waals surface area contributed by atoms with Crippen LogP contribution in [0.15, 0.2) is 29.3 Å². The first kappa shape index (κ1) is 12.6. The zero-order valence-corrected chi connectivity index (χ0v) is 10.5. The van der Waals surface area contributed by atoms with Gasteiger partial charge < -0.3 is 0 Å². The van der Waals surface area contributed by atoms with E-state index in [0.717, 1.165) is 4.68 Å². The van der Waals surface area contributed by atoms with Crippen molar-refractivity contribution in [1.29, 1.82) is 5.26 Å². The van der Waals surface area contributed by atoms with Crippen molar-refractivity contribution in [2.75, 3.05) is 0 Å². The van der Waals surface area contributed by atoms with Gasteiger partial charge >= 0.3 is 0 Å². The lowest BCUT2D eigenvalue weighted by molar-refractivity contribution is 0.636. The molecule has 0 fully saturated rings. The molecule has 0 radical (unpaired) electrons. The minimum Gasteiger partial charge on any atom is -0.266 e. The summed E-state index contributed by atoms with van der Waals surface area (Å²) in [7, 11) is 0. The molecular formula is C11H6Cl2N4O. The van der Waals surface area contributed by atoms with E-state index >= 15 is 0 Å². The van der Waals surface area contributed by atoms with Crippen LogP contribution in [0.1, 0.15) is 11.3 Å². The summed E-state index contributed by atoms with van der Waals surface area (Å²) in [6, 6.07) is 5.32. The van der Waals surface area contributed by atoms with Gasteiger partial charge in [0.05, 0.1) is 17.8 Å². The van der Waals surface area contributed by atoms with Crippen molar-refractivity contribution in [3.63, 3.8) is 0 Å². The van der Waals surface area contributed by atoms with Gasteiger partial charge in [-0.15, -0.1) is 0 Å². The highest BCUT2D eigenvalue weighted by atomic mass is 35.5. The van der Waals surface area contributed by atoms with Gasteiger partial charge in [-0.1, -0.05) is 29.3 Å². The van der Waals surface area contributed by atoms with Crippen LogP contribution in [0.4, 0.5) is 0 Å². The maximum atomic E-state index is 11.8. The molecule has 18 heavy (non-hydrogen) atoms. The molecule has 0 aliphatic carbocycles. The van der Waals surface area contributed by atoms with Crippen LogP contribution in [0.3, 0.4) is 0 Å². The van der Waals surface area contributed by atoms with Crippen LogP contribution in [0.25, 0.3) is 0 Å². The zero-order chi connectivity index (χ0) is 13.1. The molecule has 2 aromatic heterocycles. The molecule has 0 bridgehead atoms. The van der Waals surface area contributed by atoms with Crippen LogP contribution >= 0.6 is 23.2 Å². The minimum absolute atomic E-state index is 0.0888. The van der Waals surface area contributed by atoms with Gasteiger partial charge in [-0.05, 0) is 6.07 Å². The summed E-state index contributed by atoms with van der Waals surface area (Å²) in [6.45, 7) is 0.118. The number of hydrogen-bond donors (Lipinski definition) is 0. The molecule has 5 nitrogen and oxygen atoms in total. The Hall–Kier alpha value is -1.90. The maximum Gasteiger partial charge on any atom is 0.287 e. The third kappa shape index (κ3) is 2.35. The van der Waals surface area contributed by atoms with Crippen LogP contribution < -0.4 is 5.56 Å². The number of hydrogen-bond acceptors (Lipinski definition) is 4. The number of nitrogens with zero attached hydrogens (tertiary/aromatic N) is 4. The molecule has 0 N–H and O–H groups in total. The molecule has 0 saturated heterocycles. The molecule has 0 aliphatic heterocycles. The lowest BCUT2D eigenvalue weighted by Gasteiger charge is -2.06. The normalized spacial score (nSPS) is 10.1. The summed E-state index contributed by atoms with van der Waals surface area (Å²) in [4.78, 5) is 15.7. The molecule has 2 aromatic rings. The van der Waals surface area contributed by atoms with Crippen molar-refractivity contribution in [2.24, 2.45) is 0 Å². The fraction of sp³-hybridized carbons (Fsp3) is 0.0909. The first-order chi connectivity index (χ1) is 8.63. The second-order valence-electron chi connectivity index (χ2n) is 3.39. The van der Waals surface area contributed by atoms with E-state index in [1.165, 1.54) is 12.4 Å². The van der Waals surface area contributed by atoms with E-state index in [0.29, 0.717) is 5.56 Å². The van der Waals surface area contributed by atoms with E-state index < -0.39 is 5.56 Å². The van der Waals surface area contributed by atoms with Crippen LogP contribution in [0.5, 0.6) is 0 Å². The topological polar surface area (TPSA) is 71.6 Å². The summed E-state index contributed by atoms with van der Waals surface area (Å²) in [6.07, 6.45) is 2.79. The summed E-state index contributed by atoms with van der Waals surface area (Å²) < 4.78 is 1.13. The molecule has 7 heteroatoms. The molecule has 0 unspecified atom stereocenters. The second kappa shape index (κ2) is 5.17. The van der Waals surface area contributed by atoms with E-state index in [-0.39, 0.29) is 22.3 Å². The Morgan fingerprint density at radius 2 is 2.22 bits per heavy atom. The Morgan fingerprint density at radius 3 is 2.94 bits per heavy atom. The van der Waals surface area contributed by atoms with Crippen molar-refractivity contribution in [3.05, 3.63) is 56.2 Å². The van der Waals surface area contributed by atoms with E-state index in [2.05, 4.69) is 10.1 Å². The van der Waals surface area contributed by atoms with Crippen molar-refractivity contribution >= 4 is 23.2 Å². The average Bonchev–Trinajstić information content (AvgIpc) is 2.40. The SMILES string of the molecule is N#Cc1ncccc1Cn1ncc(Cl)c(Cl)c1=O. The Labute approximate surface area is 112 Å². The number of aromatic nitrogens is 3. The van der Waals surface area contributed by atoms with Crippen molar-refractivity contribution in [2.45, 2.75) is 6.54 Å². The number of halogens is 2. The van der Waals surface area contributed by atoms with Gasteiger partial charge in [-0.2, -0.15) is 10.4 Å². The third-order valence-corrected chi connectivity index (χ3v) is 3.01. The highest BCUT2D eigenvalue weighted by Crippen LogP contribution is 2.15. The average molecular weight is 281 g/mol. The summed E-state index contributed by atoms with van der Waals surface area (Å²) >= 11 is 11.4. The Bertz CT molecular complexity index is 690. The first-order valence-corrected chi connectivity index (χ1v) is 5.64. The summed E-state index contributed by atoms with van der Waals surface area (Å²) in [5, 5.41) is 12.8. The molecule has 90 valence electrons. The van der Waals surface area contributed by atoms with E-state index in [1.807, 2.05) is 6.07 Å². The predicted molar refractivity (Wildman–Crippen MR) is 66.6 cm³/mol. The number of nitriles is 1. The van der Waals surface area contributed by atoms with Crippen LogP contribution in [0, 0.1) is 11.3 Å². The maximum absolute atomic E-state index is 11.8. The number of rotatable bonds is 2. The zero-order valence-electron chi connectivity index (χ0n) is 8.97. The quantitative estimate of drug-likeness (QED) is 0.842. The van der Waals surface area contributed by atoms with Gasteiger partial charge in [0.15, 0.2) is 0 Å². The largest absolute Gasteiger partial charge is 0.287 e. The monoisotopic (exact) mass is 280 g/mol. The standard InChI is InChI=1S/C11H6Cl2N4O/c12-8-5-16-17(11(18)10(8)13)6-7-2-1-3-15-9(7)4-14/h1-3,5H,6H2. The van der Waals surface area contributed by atoms with Crippen LogP contribution in [-0.4, -0.2) is 14.8 Å². The smallest absolute Gasteiger partial charge is 0.266 e. The molecule has 0 saturated carbocycles. The van der Waals surface area contributed by atoms with Gasteiger partial charge in [0.2, 0.25) is 0 Å². The van der Waals surface area contributed by atoms with Crippen molar-refractivity contribution in [3.8, 4) is 6.07 Å². The Balaban J connectivity index is 2.45. The molecule has 0 aromatic carbocycles. The highest BCUT2D eigenvalue weighted by molar-refractivity contribution is 6.41. The second-order valence-corrected chi connectivity index (χ2v) is 4.18. The fourth-order valence-corrected chi connectivity index (χ4v) is 1.66. The van der Waals surface area contributed by atoms with Gasteiger partial charge in [-0.3, -0.25) is 4.79 Å². The van der Waals surface area contributed by atoms with Gasteiger partial charge in [0, 0.05) is 11.8 Å². The summed E-state index contributed by atoms with van der Waals surface area (Å²) in [5.74, 6) is 0. The van der Waals surface area contributed by atoms with E-state index in [1.54, 1.807) is 12.1 Å². The lowest BCUT2D eigenvalue weighted by atomic mass is 10.2. The molecule has 0 spiro atoms. The molecular weight excluding hydrogens is 275 g/mol. The Kier molecular flexibility index (Phi) is 3.60. The van der Waals surface area contributed by atoms with Crippen LogP contribution in [-0.2, 0) is 6.54 Å². The van der Waals surface area contributed by atoms with Gasteiger partial charge in [0.1, 0.15) is 16.8 Å². The highest BCUT2D eigenvalue weighted by Gasteiger charge is 2.10. The number of pyridine rings is 1. The van der Waals surface area contributed by atoms with Crippen molar-refractivity contribution < 1.29 is 0 Å². The predicted octanol–water partition coefficient (Wildman–Crippen LogP) is 1.87. The molecule has 0 aliphatic rings. The molecule has 0 atom stereocenters. The third-order valence-electron chi connectivity index (χ3n) is 2.26. The van der Waals surface area contributed by atoms with E-state index in [4.69, 9.17) is 28.5 Å². The minimum atomic E-state index is -0.503. The van der Waals surface area contributed by atoms with Crippen molar-refractivity contribution in [1.82, 2.24) is 14.8 Å². The van der Waals surface area contributed by atoms with Gasteiger partial charge in [-0.25, -0.2) is 9.67 Å². The lowest BCUT2D eigenvalue weighted by Crippen LogP contribution is -2.24. The molecule has 2 rings (SSSR count). The van der Waals surface area contributed by atoms with Crippen LogP contribution in [0.2, 0.25) is 10.0 Å². The molecule has 2 heterocycles. The fourth-order valence-electron chi connectivity index (χ4n) is 1.39. The Morgan fingerprint density at radius 1 is 1.44 bits per heavy atom. The van der Waals surface area contributed by atoms with E-state index in [9.17, 15) is 4.79 Å².